The Labute approximate surface area is 229 Å². The van der Waals surface area contributed by atoms with Gasteiger partial charge in [-0.25, -0.2) is 8.78 Å². The van der Waals surface area contributed by atoms with Gasteiger partial charge >= 0.3 is 0 Å². The van der Waals surface area contributed by atoms with Crippen LogP contribution in [0, 0.1) is 17.0 Å². The molecule has 3 heterocycles. The molecule has 6 rings (SSSR count). The Morgan fingerprint density at radius 1 is 0.949 bits per heavy atom. The summed E-state index contributed by atoms with van der Waals surface area (Å²) >= 11 is 1.45. The highest BCUT2D eigenvalue weighted by molar-refractivity contribution is 7.98. The van der Waals surface area contributed by atoms with Gasteiger partial charge in [0, 0.05) is 40.4 Å². The van der Waals surface area contributed by atoms with Gasteiger partial charge in [0.15, 0.2) is 28.9 Å². The lowest BCUT2D eigenvalue weighted by atomic mass is 9.82. The number of nitrogens with zero attached hydrogens (tertiary/aromatic N) is 2. The first kappa shape index (κ1) is 25.4. The van der Waals surface area contributed by atoms with Gasteiger partial charge in [0.1, 0.15) is 6.61 Å². The molecule has 1 aromatic heterocycles. The number of carbonyl (C=O) groups is 1. The van der Waals surface area contributed by atoms with E-state index in [4.69, 9.17) is 4.74 Å². The first-order chi connectivity index (χ1) is 18.8. The number of thioether (sulfide) groups is 1. The van der Waals surface area contributed by atoms with E-state index in [1.165, 1.54) is 17.8 Å². The highest BCUT2D eigenvalue weighted by atomic mass is 32.2. The van der Waals surface area contributed by atoms with Gasteiger partial charge in [-0.2, -0.15) is 0 Å². The second-order valence-corrected chi connectivity index (χ2v) is 11.5. The highest BCUT2D eigenvalue weighted by Crippen LogP contribution is 2.45. The van der Waals surface area contributed by atoms with Crippen LogP contribution in [0.1, 0.15) is 52.6 Å². The maximum atomic E-state index is 15.2. The van der Waals surface area contributed by atoms with Crippen LogP contribution in [0.15, 0.2) is 88.7 Å². The van der Waals surface area contributed by atoms with E-state index >= 15 is 4.39 Å². The fourth-order valence-electron chi connectivity index (χ4n) is 5.38. The van der Waals surface area contributed by atoms with E-state index in [-0.39, 0.29) is 36.1 Å². The molecule has 2 aliphatic rings. The van der Waals surface area contributed by atoms with Crippen LogP contribution in [0.2, 0.25) is 0 Å². The van der Waals surface area contributed by atoms with Gasteiger partial charge in [-0.3, -0.25) is 19.3 Å². The number of Topliss-reactive ketones (excluding diaryl/α,β-unsaturated/α-hetero) is 1. The zero-order chi connectivity index (χ0) is 27.3. The number of carbonyl (C=O) groups excluding carboxylic acids is 1. The number of fused-ring (bicyclic) bond motifs is 3. The lowest BCUT2D eigenvalue weighted by Crippen LogP contribution is -2.54. The summed E-state index contributed by atoms with van der Waals surface area (Å²) in [7, 11) is 0. The van der Waals surface area contributed by atoms with Crippen molar-refractivity contribution in [3.05, 3.63) is 129 Å². The lowest BCUT2D eigenvalue weighted by molar-refractivity contribution is 0.0783. The fourth-order valence-corrected chi connectivity index (χ4v) is 6.49. The smallest absolute Gasteiger partial charge is 0.224 e. The molecule has 0 spiro atoms. The quantitative estimate of drug-likeness (QED) is 0.304. The number of benzene rings is 3. The highest BCUT2D eigenvalue weighted by Gasteiger charge is 2.44. The van der Waals surface area contributed by atoms with Crippen LogP contribution >= 0.6 is 11.8 Å². The number of ketones is 1. The third kappa shape index (κ3) is 4.33. The number of aromatic nitrogens is 1. The van der Waals surface area contributed by atoms with Crippen molar-refractivity contribution in [2.24, 2.45) is 5.41 Å². The van der Waals surface area contributed by atoms with Gasteiger partial charge in [0.2, 0.25) is 5.43 Å². The van der Waals surface area contributed by atoms with Crippen molar-refractivity contribution in [2.45, 2.75) is 37.1 Å². The Balaban J connectivity index is 1.56. The predicted molar refractivity (Wildman–Crippen MR) is 147 cm³/mol. The first-order valence-electron chi connectivity index (χ1n) is 12.7. The number of ether oxygens (including phenoxy) is 1. The molecular weight excluding hydrogens is 518 g/mol. The summed E-state index contributed by atoms with van der Waals surface area (Å²) in [5, 5.41) is 1.96. The normalized spacial score (nSPS) is 17.6. The van der Waals surface area contributed by atoms with Gasteiger partial charge in [0.25, 0.3) is 0 Å². The molecule has 5 nitrogen and oxygen atoms in total. The summed E-state index contributed by atoms with van der Waals surface area (Å²) < 4.78 is 37.3. The van der Waals surface area contributed by atoms with Crippen molar-refractivity contribution in [3.63, 3.8) is 0 Å². The SMILES string of the molecule is CC1(C)CN([C@@H]2c3ccccc3SCc3c2ccc(F)c3F)n2ccc(=O)c(OCc3ccccc3)c2C1=O. The summed E-state index contributed by atoms with van der Waals surface area (Å²) in [5.41, 5.74) is 1.54. The number of rotatable bonds is 4. The van der Waals surface area contributed by atoms with E-state index in [0.717, 1.165) is 22.1 Å². The van der Waals surface area contributed by atoms with Crippen molar-refractivity contribution in [2.75, 3.05) is 11.6 Å². The van der Waals surface area contributed by atoms with E-state index in [2.05, 4.69) is 0 Å². The lowest BCUT2D eigenvalue weighted by Gasteiger charge is -2.45. The summed E-state index contributed by atoms with van der Waals surface area (Å²) in [5.74, 6) is -1.73. The van der Waals surface area contributed by atoms with E-state index in [9.17, 15) is 14.0 Å². The minimum Gasteiger partial charge on any atom is -0.483 e. The number of hydrogen-bond donors (Lipinski definition) is 0. The van der Waals surface area contributed by atoms with Crippen LogP contribution in [0.3, 0.4) is 0 Å². The first-order valence-corrected chi connectivity index (χ1v) is 13.7. The third-order valence-electron chi connectivity index (χ3n) is 7.34. The Morgan fingerprint density at radius 3 is 2.49 bits per heavy atom. The van der Waals surface area contributed by atoms with Crippen LogP contribution in [0.25, 0.3) is 0 Å². The number of halogens is 2. The minimum absolute atomic E-state index is 0.0223. The molecule has 3 aromatic carbocycles. The van der Waals surface area contributed by atoms with Crippen LogP contribution in [0.4, 0.5) is 8.78 Å². The fraction of sp³-hybridized carbons (Fsp3) is 0.226. The number of hydrogen-bond acceptors (Lipinski definition) is 5. The maximum Gasteiger partial charge on any atom is 0.224 e. The molecule has 39 heavy (non-hydrogen) atoms. The maximum absolute atomic E-state index is 15.2. The molecule has 0 bridgehead atoms. The summed E-state index contributed by atoms with van der Waals surface area (Å²) in [6.07, 6.45) is 1.57. The molecule has 0 amide bonds. The molecule has 0 aliphatic carbocycles. The monoisotopic (exact) mass is 544 g/mol. The minimum atomic E-state index is -0.897. The largest absolute Gasteiger partial charge is 0.483 e. The Bertz CT molecular complexity index is 1650. The van der Waals surface area contributed by atoms with E-state index in [1.807, 2.05) is 73.5 Å². The molecule has 1 atom stereocenters. The van der Waals surface area contributed by atoms with Gasteiger partial charge in [-0.1, -0.05) is 68.4 Å². The van der Waals surface area contributed by atoms with Gasteiger partial charge in [0.05, 0.1) is 6.04 Å². The van der Waals surface area contributed by atoms with Crippen LogP contribution in [-0.2, 0) is 12.4 Å². The molecule has 0 fully saturated rings. The molecule has 0 saturated heterocycles. The summed E-state index contributed by atoms with van der Waals surface area (Å²) in [6.45, 7) is 4.06. The van der Waals surface area contributed by atoms with Gasteiger partial charge in [-0.15, -0.1) is 11.8 Å². The van der Waals surface area contributed by atoms with Crippen molar-refractivity contribution < 1.29 is 18.3 Å². The Morgan fingerprint density at radius 2 is 1.69 bits per heavy atom. The van der Waals surface area contributed by atoms with E-state index in [0.29, 0.717) is 11.1 Å². The molecule has 2 aliphatic heterocycles. The average Bonchev–Trinajstić information content (AvgIpc) is 3.10. The third-order valence-corrected chi connectivity index (χ3v) is 8.45. The molecule has 0 radical (unpaired) electrons. The molecule has 198 valence electrons. The zero-order valence-corrected chi connectivity index (χ0v) is 22.3. The molecule has 0 saturated carbocycles. The van der Waals surface area contributed by atoms with E-state index in [1.54, 1.807) is 16.9 Å². The van der Waals surface area contributed by atoms with E-state index < -0.39 is 28.5 Å². The second kappa shape index (κ2) is 9.68. The van der Waals surface area contributed by atoms with Crippen molar-refractivity contribution >= 4 is 17.5 Å². The van der Waals surface area contributed by atoms with Crippen molar-refractivity contribution in [1.29, 1.82) is 0 Å². The second-order valence-electron chi connectivity index (χ2n) is 10.4. The number of pyridine rings is 1. The average molecular weight is 545 g/mol. The Hall–Kier alpha value is -3.91. The molecule has 4 aromatic rings. The van der Waals surface area contributed by atoms with Gasteiger partial charge in [-0.05, 0) is 28.8 Å². The topological polar surface area (TPSA) is 51.5 Å². The Kier molecular flexibility index (Phi) is 6.30. The summed E-state index contributed by atoms with van der Waals surface area (Å²) in [6, 6.07) is 20.8. The van der Waals surface area contributed by atoms with Crippen LogP contribution in [0.5, 0.6) is 5.75 Å². The molecule has 0 N–H and O–H groups in total. The summed E-state index contributed by atoms with van der Waals surface area (Å²) in [4.78, 5) is 27.9. The standard InChI is InChI=1S/C31H26F2N2O3S/c1-31(2)18-35(27-20-12-13-23(32)26(33)22(20)17-39-25-11-7-6-10-21(25)27)34-15-14-24(36)29(28(34)30(31)37)38-16-19-8-4-3-5-9-19/h3-15,27H,16-18H2,1-2H3/t27-/m0/s1. The van der Waals surface area contributed by atoms with Crippen LogP contribution in [-0.4, -0.2) is 17.0 Å². The van der Waals surface area contributed by atoms with Gasteiger partial charge < -0.3 is 4.74 Å². The molecule has 0 unspecified atom stereocenters. The zero-order valence-electron chi connectivity index (χ0n) is 21.5. The van der Waals surface area contributed by atoms with Crippen molar-refractivity contribution in [1.82, 2.24) is 4.68 Å². The van der Waals surface area contributed by atoms with Crippen LogP contribution < -0.4 is 15.2 Å². The van der Waals surface area contributed by atoms with Crippen molar-refractivity contribution in [3.8, 4) is 5.75 Å². The predicted octanol–water partition coefficient (Wildman–Crippen LogP) is 6.26. The molecule has 8 heteroatoms. The molecular formula is C31H26F2N2O3S.